The molecule has 3 aromatic rings. The van der Waals surface area contributed by atoms with Gasteiger partial charge < -0.3 is 4.90 Å². The molecule has 2 heterocycles. The van der Waals surface area contributed by atoms with E-state index in [1.54, 1.807) is 29.2 Å². The monoisotopic (exact) mass is 377 g/mol. The second kappa shape index (κ2) is 7.11. The summed E-state index contributed by atoms with van der Waals surface area (Å²) in [5.74, 6) is -0.0871. The molecule has 144 valence electrons. The Morgan fingerprint density at radius 1 is 0.964 bits per heavy atom. The Balaban J connectivity index is 1.96. The molecule has 0 atom stereocenters. The van der Waals surface area contributed by atoms with Crippen molar-refractivity contribution in [1.82, 2.24) is 14.0 Å². The highest BCUT2D eigenvalue weighted by atomic mass is 16.2. The molecule has 0 bridgehead atoms. The van der Waals surface area contributed by atoms with Crippen LogP contribution in [0, 0.1) is 13.8 Å². The number of benzene rings is 2. The highest BCUT2D eigenvalue weighted by molar-refractivity contribution is 5.82. The van der Waals surface area contributed by atoms with Crippen LogP contribution in [0.15, 0.2) is 52.1 Å². The van der Waals surface area contributed by atoms with Gasteiger partial charge >= 0.3 is 5.69 Å². The minimum absolute atomic E-state index is 0.0650. The molecular formula is C22H23N3O3. The van der Waals surface area contributed by atoms with Gasteiger partial charge in [-0.3, -0.25) is 14.2 Å². The lowest BCUT2D eigenvalue weighted by molar-refractivity contribution is -0.130. The number of rotatable bonds is 3. The molecule has 1 aliphatic rings. The van der Waals surface area contributed by atoms with Crippen molar-refractivity contribution in [2.45, 2.75) is 33.2 Å². The van der Waals surface area contributed by atoms with E-state index in [-0.39, 0.29) is 18.0 Å². The van der Waals surface area contributed by atoms with Gasteiger partial charge in [-0.05, 0) is 56.5 Å². The molecule has 1 amide bonds. The Morgan fingerprint density at radius 3 is 2.39 bits per heavy atom. The van der Waals surface area contributed by atoms with Gasteiger partial charge in [-0.1, -0.05) is 23.8 Å². The second-order valence-electron chi connectivity index (χ2n) is 7.46. The van der Waals surface area contributed by atoms with Crippen LogP contribution in [-0.4, -0.2) is 33.0 Å². The Kier molecular flexibility index (Phi) is 4.63. The molecule has 28 heavy (non-hydrogen) atoms. The van der Waals surface area contributed by atoms with Crippen molar-refractivity contribution in [1.29, 1.82) is 0 Å². The SMILES string of the molecule is Cc1cccc(-n2c(=O)c3cc(C)ccc3n(CC(=O)N3CCCC3)c2=O)c1. The van der Waals surface area contributed by atoms with E-state index < -0.39 is 5.69 Å². The number of amides is 1. The van der Waals surface area contributed by atoms with Crippen LogP contribution in [0.25, 0.3) is 16.6 Å². The predicted octanol–water partition coefficient (Wildman–Crippen LogP) is 2.39. The average molecular weight is 377 g/mol. The molecule has 4 rings (SSSR count). The van der Waals surface area contributed by atoms with E-state index in [0.717, 1.165) is 37.1 Å². The zero-order chi connectivity index (χ0) is 19.8. The van der Waals surface area contributed by atoms with Crippen molar-refractivity contribution >= 4 is 16.8 Å². The summed E-state index contributed by atoms with van der Waals surface area (Å²) in [5, 5.41) is 0.440. The van der Waals surface area contributed by atoms with Crippen LogP contribution >= 0.6 is 0 Å². The topological polar surface area (TPSA) is 64.3 Å². The third-order valence-corrected chi connectivity index (χ3v) is 5.31. The maximum Gasteiger partial charge on any atom is 0.336 e. The van der Waals surface area contributed by atoms with Gasteiger partial charge in [0.25, 0.3) is 5.56 Å². The Bertz CT molecular complexity index is 1180. The molecule has 1 saturated heterocycles. The minimum Gasteiger partial charge on any atom is -0.341 e. The zero-order valence-corrected chi connectivity index (χ0v) is 16.1. The summed E-state index contributed by atoms with van der Waals surface area (Å²) in [4.78, 5) is 41.0. The molecule has 0 unspecified atom stereocenters. The summed E-state index contributed by atoms with van der Waals surface area (Å²) in [6.45, 7) is 5.20. The van der Waals surface area contributed by atoms with Crippen LogP contribution in [0.5, 0.6) is 0 Å². The van der Waals surface area contributed by atoms with E-state index in [4.69, 9.17) is 0 Å². The van der Waals surface area contributed by atoms with Gasteiger partial charge in [0.15, 0.2) is 0 Å². The maximum atomic E-state index is 13.3. The molecule has 2 aromatic carbocycles. The first-order valence-corrected chi connectivity index (χ1v) is 9.57. The third kappa shape index (κ3) is 3.15. The average Bonchev–Trinajstić information content (AvgIpc) is 3.20. The van der Waals surface area contributed by atoms with Crippen molar-refractivity contribution in [2.75, 3.05) is 13.1 Å². The maximum absolute atomic E-state index is 13.3. The fraction of sp³-hybridized carbons (Fsp3) is 0.318. The summed E-state index contributed by atoms with van der Waals surface area (Å²) in [5.41, 5.74) is 2.04. The standard InChI is InChI=1S/C22H23N3O3/c1-15-6-5-7-17(12-15)25-21(27)18-13-16(2)8-9-19(18)24(22(25)28)14-20(26)23-10-3-4-11-23/h5-9,12-13H,3-4,10-11,14H2,1-2H3. The van der Waals surface area contributed by atoms with E-state index >= 15 is 0 Å². The highest BCUT2D eigenvalue weighted by Crippen LogP contribution is 2.15. The number of hydrogen-bond donors (Lipinski definition) is 0. The van der Waals surface area contributed by atoms with E-state index in [2.05, 4.69) is 0 Å². The minimum atomic E-state index is -0.487. The largest absolute Gasteiger partial charge is 0.341 e. The zero-order valence-electron chi connectivity index (χ0n) is 16.1. The fourth-order valence-electron chi connectivity index (χ4n) is 3.84. The van der Waals surface area contributed by atoms with Gasteiger partial charge in [0.1, 0.15) is 6.54 Å². The van der Waals surface area contributed by atoms with Gasteiger partial charge in [-0.25, -0.2) is 9.36 Å². The van der Waals surface area contributed by atoms with E-state index in [9.17, 15) is 14.4 Å². The molecule has 0 aliphatic carbocycles. The lowest BCUT2D eigenvalue weighted by atomic mass is 10.1. The molecular weight excluding hydrogens is 354 g/mol. The first-order valence-electron chi connectivity index (χ1n) is 9.57. The van der Waals surface area contributed by atoms with Gasteiger partial charge in [-0.15, -0.1) is 0 Å². The molecule has 0 N–H and O–H groups in total. The van der Waals surface area contributed by atoms with Crippen LogP contribution in [0.3, 0.4) is 0 Å². The van der Waals surface area contributed by atoms with Crippen LogP contribution in [0.1, 0.15) is 24.0 Å². The second-order valence-corrected chi connectivity index (χ2v) is 7.46. The third-order valence-electron chi connectivity index (χ3n) is 5.31. The molecule has 6 heteroatoms. The summed E-state index contributed by atoms with van der Waals surface area (Å²) < 4.78 is 2.60. The van der Waals surface area contributed by atoms with Crippen molar-refractivity contribution in [3.8, 4) is 5.69 Å². The lowest BCUT2D eigenvalue weighted by Gasteiger charge is -2.18. The molecule has 0 radical (unpaired) electrons. The fourth-order valence-corrected chi connectivity index (χ4v) is 3.84. The molecule has 0 spiro atoms. The Labute approximate surface area is 162 Å². The first-order chi connectivity index (χ1) is 13.5. The summed E-state index contributed by atoms with van der Waals surface area (Å²) in [6.07, 6.45) is 1.98. The van der Waals surface area contributed by atoms with Crippen molar-refractivity contribution in [2.24, 2.45) is 0 Å². The number of fused-ring (bicyclic) bond motifs is 1. The number of hydrogen-bond acceptors (Lipinski definition) is 3. The van der Waals surface area contributed by atoms with Crippen LogP contribution in [0.4, 0.5) is 0 Å². The van der Waals surface area contributed by atoms with E-state index in [0.29, 0.717) is 16.6 Å². The first kappa shape index (κ1) is 18.2. The van der Waals surface area contributed by atoms with Crippen LogP contribution < -0.4 is 11.2 Å². The number of likely N-dealkylation sites (tertiary alicyclic amines) is 1. The number of carbonyl (C=O) groups is 1. The lowest BCUT2D eigenvalue weighted by Crippen LogP contribution is -2.42. The Hall–Kier alpha value is -3.15. The number of nitrogens with zero attached hydrogens (tertiary/aromatic N) is 3. The number of aromatic nitrogens is 2. The quantitative estimate of drug-likeness (QED) is 0.704. The predicted molar refractivity (Wildman–Crippen MR) is 109 cm³/mol. The van der Waals surface area contributed by atoms with E-state index in [1.807, 2.05) is 32.0 Å². The van der Waals surface area contributed by atoms with Crippen LogP contribution in [-0.2, 0) is 11.3 Å². The van der Waals surface area contributed by atoms with Gasteiger partial charge in [0.05, 0.1) is 16.6 Å². The summed E-state index contributed by atoms with van der Waals surface area (Å²) >= 11 is 0. The smallest absolute Gasteiger partial charge is 0.336 e. The van der Waals surface area contributed by atoms with Gasteiger partial charge in [0, 0.05) is 13.1 Å². The van der Waals surface area contributed by atoms with Crippen molar-refractivity contribution < 1.29 is 4.79 Å². The summed E-state index contributed by atoms with van der Waals surface area (Å²) in [6, 6.07) is 12.7. The van der Waals surface area contributed by atoms with Crippen molar-refractivity contribution in [3.05, 3.63) is 74.4 Å². The molecule has 1 aromatic heterocycles. The Morgan fingerprint density at radius 2 is 1.68 bits per heavy atom. The molecule has 1 fully saturated rings. The van der Waals surface area contributed by atoms with E-state index in [1.165, 1.54) is 9.13 Å². The van der Waals surface area contributed by atoms with Crippen LogP contribution in [0.2, 0.25) is 0 Å². The normalized spacial score (nSPS) is 14.0. The highest BCUT2D eigenvalue weighted by Gasteiger charge is 2.21. The number of carbonyl (C=O) groups excluding carboxylic acids is 1. The van der Waals surface area contributed by atoms with Crippen molar-refractivity contribution in [3.63, 3.8) is 0 Å². The molecule has 0 saturated carbocycles. The number of aryl methyl sites for hydroxylation is 2. The van der Waals surface area contributed by atoms with Gasteiger partial charge in [0.2, 0.25) is 5.91 Å². The molecule has 1 aliphatic heterocycles. The summed E-state index contributed by atoms with van der Waals surface area (Å²) in [7, 11) is 0. The van der Waals surface area contributed by atoms with Gasteiger partial charge in [-0.2, -0.15) is 0 Å². The molecule has 6 nitrogen and oxygen atoms in total.